The number of hydrogen-bond donors (Lipinski definition) is 2. The zero-order chi connectivity index (χ0) is 13.1. The van der Waals surface area contributed by atoms with Gasteiger partial charge in [-0.15, -0.1) is 11.3 Å². The van der Waals surface area contributed by atoms with Crippen molar-refractivity contribution in [2.75, 3.05) is 5.73 Å². The summed E-state index contributed by atoms with van der Waals surface area (Å²) in [4.78, 5) is 12.9. The first kappa shape index (κ1) is 13.0. The Hall–Kier alpha value is -1.40. The van der Waals surface area contributed by atoms with Crippen LogP contribution in [0.2, 0.25) is 0 Å². The lowest BCUT2D eigenvalue weighted by molar-refractivity contribution is 0.0951. The zero-order valence-electron chi connectivity index (χ0n) is 9.24. The maximum atomic E-state index is 13.0. The molecule has 3 N–H and O–H groups in total. The summed E-state index contributed by atoms with van der Waals surface area (Å²) in [5.41, 5.74) is 6.05. The second-order valence-electron chi connectivity index (χ2n) is 3.61. The van der Waals surface area contributed by atoms with Crippen LogP contribution in [0.15, 0.2) is 34.1 Å². The van der Waals surface area contributed by atoms with Crippen LogP contribution in [0.25, 0.3) is 0 Å². The van der Waals surface area contributed by atoms with E-state index < -0.39 is 5.82 Å². The Morgan fingerprint density at radius 1 is 1.44 bits per heavy atom. The van der Waals surface area contributed by atoms with E-state index in [1.165, 1.54) is 23.5 Å². The van der Waals surface area contributed by atoms with Crippen LogP contribution in [-0.4, -0.2) is 5.91 Å². The summed E-state index contributed by atoms with van der Waals surface area (Å²) >= 11 is 4.90. The van der Waals surface area contributed by atoms with Crippen molar-refractivity contribution in [3.8, 4) is 0 Å². The summed E-state index contributed by atoms with van der Waals surface area (Å²) in [6.45, 7) is 0.382. The lowest BCUT2D eigenvalue weighted by Gasteiger charge is -2.07. The van der Waals surface area contributed by atoms with Gasteiger partial charge in [-0.05, 0) is 45.6 Å². The third-order valence-corrected chi connectivity index (χ3v) is 4.29. The molecule has 2 aromatic rings. The molecule has 0 fully saturated rings. The number of thiophene rings is 1. The van der Waals surface area contributed by atoms with Gasteiger partial charge in [0.1, 0.15) is 5.82 Å². The molecule has 0 bridgehead atoms. The van der Waals surface area contributed by atoms with Crippen molar-refractivity contribution in [3.63, 3.8) is 0 Å². The van der Waals surface area contributed by atoms with Gasteiger partial charge in [0.05, 0.1) is 12.1 Å². The summed E-state index contributed by atoms with van der Waals surface area (Å²) < 4.78 is 14.0. The molecule has 0 atom stereocenters. The van der Waals surface area contributed by atoms with Gasteiger partial charge < -0.3 is 11.1 Å². The lowest BCUT2D eigenvalue weighted by Crippen LogP contribution is -2.23. The van der Waals surface area contributed by atoms with E-state index in [4.69, 9.17) is 5.73 Å². The number of rotatable bonds is 3. The van der Waals surface area contributed by atoms with E-state index in [9.17, 15) is 9.18 Å². The van der Waals surface area contributed by atoms with Crippen LogP contribution in [-0.2, 0) is 6.54 Å². The molecular weight excluding hydrogens is 319 g/mol. The number of nitrogens with one attached hydrogen (secondary N) is 1. The Morgan fingerprint density at radius 2 is 2.22 bits per heavy atom. The fourth-order valence-electron chi connectivity index (χ4n) is 1.43. The minimum absolute atomic E-state index is 0.155. The molecule has 18 heavy (non-hydrogen) atoms. The van der Waals surface area contributed by atoms with Crippen molar-refractivity contribution < 1.29 is 9.18 Å². The van der Waals surface area contributed by atoms with Gasteiger partial charge in [0.15, 0.2) is 0 Å². The van der Waals surface area contributed by atoms with E-state index in [-0.39, 0.29) is 17.2 Å². The molecule has 6 heteroatoms. The Bertz CT molecular complexity index is 585. The Labute approximate surface area is 116 Å². The normalized spacial score (nSPS) is 10.3. The first-order valence-corrected chi connectivity index (χ1v) is 6.80. The van der Waals surface area contributed by atoms with Crippen LogP contribution in [0.1, 0.15) is 15.2 Å². The van der Waals surface area contributed by atoms with Gasteiger partial charge in [-0.2, -0.15) is 0 Å². The first-order chi connectivity index (χ1) is 8.58. The summed E-state index contributed by atoms with van der Waals surface area (Å²) in [6.07, 6.45) is 0. The maximum absolute atomic E-state index is 13.0. The summed E-state index contributed by atoms with van der Waals surface area (Å²) in [5.74, 6) is -0.862. The van der Waals surface area contributed by atoms with E-state index >= 15 is 0 Å². The SMILES string of the molecule is Nc1ccc(F)cc1C(=O)NCc1sccc1Br. The molecule has 0 saturated carbocycles. The quantitative estimate of drug-likeness (QED) is 0.850. The molecule has 0 aliphatic carbocycles. The van der Waals surface area contributed by atoms with Crippen LogP contribution in [0, 0.1) is 5.82 Å². The number of carbonyl (C=O) groups excluding carboxylic acids is 1. The highest BCUT2D eigenvalue weighted by Crippen LogP contribution is 2.22. The maximum Gasteiger partial charge on any atom is 0.253 e. The molecule has 0 aliphatic rings. The highest BCUT2D eigenvalue weighted by molar-refractivity contribution is 9.10. The van der Waals surface area contributed by atoms with Crippen LogP contribution >= 0.6 is 27.3 Å². The van der Waals surface area contributed by atoms with Crippen LogP contribution in [0.3, 0.4) is 0 Å². The summed E-state index contributed by atoms with van der Waals surface area (Å²) in [7, 11) is 0. The van der Waals surface area contributed by atoms with Crippen molar-refractivity contribution in [1.82, 2.24) is 5.32 Å². The highest BCUT2D eigenvalue weighted by atomic mass is 79.9. The second kappa shape index (κ2) is 5.49. The van der Waals surface area contributed by atoms with Crippen molar-refractivity contribution >= 4 is 38.9 Å². The molecule has 1 amide bonds. The molecule has 94 valence electrons. The third kappa shape index (κ3) is 2.88. The molecule has 0 radical (unpaired) electrons. The van der Waals surface area contributed by atoms with Crippen molar-refractivity contribution in [2.24, 2.45) is 0 Å². The monoisotopic (exact) mass is 328 g/mol. The number of hydrogen-bond acceptors (Lipinski definition) is 3. The fraction of sp³-hybridized carbons (Fsp3) is 0.0833. The van der Waals surface area contributed by atoms with E-state index in [0.29, 0.717) is 6.54 Å². The number of nitrogen functional groups attached to an aromatic ring is 1. The predicted octanol–water partition coefficient (Wildman–Crippen LogP) is 3.16. The van der Waals surface area contributed by atoms with Crippen LogP contribution < -0.4 is 11.1 Å². The van der Waals surface area contributed by atoms with E-state index in [2.05, 4.69) is 21.2 Å². The molecule has 1 aromatic heterocycles. The van der Waals surface area contributed by atoms with Gasteiger partial charge in [-0.3, -0.25) is 4.79 Å². The Balaban J connectivity index is 2.08. The second-order valence-corrected chi connectivity index (χ2v) is 5.46. The number of benzene rings is 1. The van der Waals surface area contributed by atoms with Gasteiger partial charge in [-0.25, -0.2) is 4.39 Å². The van der Waals surface area contributed by atoms with Crippen LogP contribution in [0.4, 0.5) is 10.1 Å². The third-order valence-electron chi connectivity index (χ3n) is 2.36. The molecular formula is C12H10BrFN2OS. The van der Waals surface area contributed by atoms with Gasteiger partial charge in [-0.1, -0.05) is 0 Å². The molecule has 0 spiro atoms. The van der Waals surface area contributed by atoms with E-state index in [0.717, 1.165) is 15.4 Å². The predicted molar refractivity (Wildman–Crippen MR) is 74.0 cm³/mol. The van der Waals surface area contributed by atoms with E-state index in [1.807, 2.05) is 11.4 Å². The topological polar surface area (TPSA) is 55.1 Å². The fourth-order valence-corrected chi connectivity index (χ4v) is 2.86. The van der Waals surface area contributed by atoms with Crippen molar-refractivity contribution in [2.45, 2.75) is 6.54 Å². The first-order valence-electron chi connectivity index (χ1n) is 5.13. The molecule has 0 unspecified atom stereocenters. The number of nitrogens with two attached hydrogens (primary N) is 1. The van der Waals surface area contributed by atoms with Crippen LogP contribution in [0.5, 0.6) is 0 Å². The summed E-state index contributed by atoms with van der Waals surface area (Å²) in [6, 6.07) is 5.64. The largest absolute Gasteiger partial charge is 0.398 e. The van der Waals surface area contributed by atoms with Gasteiger partial charge in [0, 0.05) is 15.0 Å². The molecule has 0 saturated heterocycles. The zero-order valence-corrected chi connectivity index (χ0v) is 11.6. The van der Waals surface area contributed by atoms with E-state index in [1.54, 1.807) is 0 Å². The average Bonchev–Trinajstić information content (AvgIpc) is 2.75. The Kier molecular flexibility index (Phi) is 3.98. The number of halogens is 2. The van der Waals surface area contributed by atoms with Crippen molar-refractivity contribution in [1.29, 1.82) is 0 Å². The van der Waals surface area contributed by atoms with Gasteiger partial charge in [0.25, 0.3) is 5.91 Å². The summed E-state index contributed by atoms with van der Waals surface area (Å²) in [5, 5.41) is 4.62. The molecule has 2 rings (SSSR count). The Morgan fingerprint density at radius 3 is 2.89 bits per heavy atom. The minimum Gasteiger partial charge on any atom is -0.398 e. The number of anilines is 1. The standard InChI is InChI=1S/C12H10BrFN2OS/c13-9-3-4-18-11(9)6-16-12(17)8-5-7(14)1-2-10(8)15/h1-5H,6,15H2,(H,16,17). The smallest absolute Gasteiger partial charge is 0.253 e. The molecule has 1 aromatic carbocycles. The molecule has 1 heterocycles. The average molecular weight is 329 g/mol. The molecule has 3 nitrogen and oxygen atoms in total. The molecule has 0 aliphatic heterocycles. The van der Waals surface area contributed by atoms with Gasteiger partial charge in [0.2, 0.25) is 0 Å². The lowest BCUT2D eigenvalue weighted by atomic mass is 10.1. The minimum atomic E-state index is -0.480. The van der Waals surface area contributed by atoms with Crippen molar-refractivity contribution in [3.05, 3.63) is 50.4 Å². The number of carbonyl (C=O) groups is 1. The van der Waals surface area contributed by atoms with Gasteiger partial charge >= 0.3 is 0 Å². The number of amides is 1. The highest BCUT2D eigenvalue weighted by Gasteiger charge is 2.11.